The molecule has 4 aliphatic rings. The van der Waals surface area contributed by atoms with Gasteiger partial charge in [0.25, 0.3) is 5.91 Å². The Bertz CT molecular complexity index is 1720. The van der Waals surface area contributed by atoms with E-state index >= 15 is 0 Å². The molecule has 3 aromatic carbocycles. The molecule has 5 atom stereocenters. The van der Waals surface area contributed by atoms with Gasteiger partial charge in [0.15, 0.2) is 5.60 Å². The Balaban J connectivity index is 1.20. The number of cyclic esters (lactones) is 1. The van der Waals surface area contributed by atoms with E-state index in [9.17, 15) is 24.6 Å². The maximum absolute atomic E-state index is 14.7. The monoisotopic (exact) mass is 639 g/mol. The van der Waals surface area contributed by atoms with E-state index in [1.54, 1.807) is 28.5 Å². The molecule has 0 aromatic heterocycles. The van der Waals surface area contributed by atoms with E-state index in [1.165, 1.54) is 0 Å². The number of carbonyl (C=O) groups excluding carboxylic acids is 3. The van der Waals surface area contributed by atoms with E-state index in [4.69, 9.17) is 9.47 Å². The second-order valence-electron chi connectivity index (χ2n) is 13.7. The van der Waals surface area contributed by atoms with Gasteiger partial charge in [-0.15, -0.1) is 0 Å². The summed E-state index contributed by atoms with van der Waals surface area (Å²) in [6.07, 6.45) is -0.632. The van der Waals surface area contributed by atoms with Crippen LogP contribution in [0.4, 0.5) is 16.2 Å². The summed E-state index contributed by atoms with van der Waals surface area (Å²) in [5.41, 5.74) is 2.45. The van der Waals surface area contributed by atoms with Gasteiger partial charge in [-0.1, -0.05) is 61.5 Å². The molecule has 0 aliphatic carbocycles. The number of nitrogens with zero attached hydrogens (tertiary/aromatic N) is 3. The fourth-order valence-corrected chi connectivity index (χ4v) is 8.35. The lowest BCUT2D eigenvalue weighted by atomic mass is 9.70. The van der Waals surface area contributed by atoms with Gasteiger partial charge in [0.05, 0.1) is 49.6 Å². The van der Waals surface area contributed by atoms with Crippen molar-refractivity contribution in [2.75, 3.05) is 29.6 Å². The van der Waals surface area contributed by atoms with Crippen LogP contribution in [-0.4, -0.2) is 70.5 Å². The van der Waals surface area contributed by atoms with Crippen molar-refractivity contribution in [3.63, 3.8) is 0 Å². The first-order chi connectivity index (χ1) is 22.5. The van der Waals surface area contributed by atoms with Crippen LogP contribution in [0.5, 0.6) is 0 Å². The standard InChI is InChI=1S/C37H41N3O7/c1-23-33(36(2,3)45)31(19-32(42)39-21-26-11-5-4-10-25(26)18-28(39)22-41)47-37(23)29-13-6-7-14-30(29)40(34(37)43)20-24-9-8-12-27(17-24)38-15-16-46-35(38)44/h4-14,17,23,28,31,33,41,45H,15-16,18-22H2,1-3H3/t23-,28-,31+,33-,37+/m0/s1. The van der Waals surface area contributed by atoms with E-state index in [1.807, 2.05) is 79.7 Å². The van der Waals surface area contributed by atoms with E-state index < -0.39 is 35.2 Å². The van der Waals surface area contributed by atoms with Crippen molar-refractivity contribution in [2.24, 2.45) is 11.8 Å². The van der Waals surface area contributed by atoms with Crippen molar-refractivity contribution in [1.29, 1.82) is 0 Å². The first-order valence-electron chi connectivity index (χ1n) is 16.3. The van der Waals surface area contributed by atoms with E-state index in [2.05, 4.69) is 0 Å². The van der Waals surface area contributed by atoms with Gasteiger partial charge in [0.2, 0.25) is 5.91 Å². The van der Waals surface area contributed by atoms with Crippen LogP contribution in [0.15, 0.2) is 72.8 Å². The number of para-hydroxylation sites is 1. The van der Waals surface area contributed by atoms with E-state index in [0.717, 1.165) is 16.7 Å². The van der Waals surface area contributed by atoms with Crippen LogP contribution in [0, 0.1) is 11.8 Å². The molecule has 4 aliphatic heterocycles. The lowest BCUT2D eigenvalue weighted by Gasteiger charge is -2.38. The molecule has 2 saturated heterocycles. The SMILES string of the molecule is C[C@H]1[C@H](C(C)(C)O)[C@@H](CC(=O)N2Cc3ccccc3C[C@H]2CO)O[C@]12C(=O)N(Cc1cccc(N3CCOC3=O)c1)c1ccccc12. The smallest absolute Gasteiger partial charge is 0.414 e. The van der Waals surface area contributed by atoms with Gasteiger partial charge >= 0.3 is 6.09 Å². The average molecular weight is 640 g/mol. The van der Waals surface area contributed by atoms with Gasteiger partial charge < -0.3 is 29.5 Å². The molecule has 3 amide bonds. The Morgan fingerprint density at radius 1 is 1.02 bits per heavy atom. The normalized spacial score (nSPS) is 27.0. The minimum absolute atomic E-state index is 0.0388. The molecule has 3 aromatic rings. The van der Waals surface area contributed by atoms with E-state index in [-0.39, 0.29) is 37.4 Å². The molecule has 0 radical (unpaired) electrons. The molecule has 0 unspecified atom stereocenters. The highest BCUT2D eigenvalue weighted by atomic mass is 16.6. The molecule has 47 heavy (non-hydrogen) atoms. The number of hydrogen-bond donors (Lipinski definition) is 2. The number of fused-ring (bicyclic) bond motifs is 3. The largest absolute Gasteiger partial charge is 0.447 e. The Morgan fingerprint density at radius 3 is 2.49 bits per heavy atom. The summed E-state index contributed by atoms with van der Waals surface area (Å²) in [5, 5.41) is 21.8. The quantitative estimate of drug-likeness (QED) is 0.399. The maximum Gasteiger partial charge on any atom is 0.414 e. The second kappa shape index (κ2) is 11.8. The zero-order valence-corrected chi connectivity index (χ0v) is 27.0. The molecule has 2 N–H and O–H groups in total. The van der Waals surface area contributed by atoms with Crippen LogP contribution >= 0.6 is 0 Å². The Kier molecular flexibility index (Phi) is 7.85. The first kappa shape index (κ1) is 31.4. The van der Waals surface area contributed by atoms with Crippen LogP contribution in [0.2, 0.25) is 0 Å². The third-order valence-electron chi connectivity index (χ3n) is 10.5. The summed E-state index contributed by atoms with van der Waals surface area (Å²) in [4.78, 5) is 46.0. The van der Waals surface area contributed by atoms with Gasteiger partial charge in [-0.2, -0.15) is 0 Å². The first-order valence-corrected chi connectivity index (χ1v) is 16.3. The highest BCUT2D eigenvalue weighted by molar-refractivity contribution is 6.07. The molecule has 0 saturated carbocycles. The fraction of sp³-hybridized carbons (Fsp3) is 0.432. The van der Waals surface area contributed by atoms with Crippen LogP contribution in [0.1, 0.15) is 49.4 Å². The Morgan fingerprint density at radius 2 is 1.77 bits per heavy atom. The van der Waals surface area contributed by atoms with Gasteiger partial charge in [0, 0.05) is 29.6 Å². The van der Waals surface area contributed by atoms with Gasteiger partial charge in [-0.3, -0.25) is 14.5 Å². The lowest BCUT2D eigenvalue weighted by molar-refractivity contribution is -0.151. The van der Waals surface area contributed by atoms with Crippen molar-refractivity contribution in [3.05, 3.63) is 95.1 Å². The van der Waals surface area contributed by atoms with Gasteiger partial charge in [-0.05, 0) is 55.2 Å². The number of benzene rings is 3. The number of ether oxygens (including phenoxy) is 2. The number of carbonyl (C=O) groups is 3. The third kappa shape index (κ3) is 5.19. The predicted octanol–water partition coefficient (Wildman–Crippen LogP) is 4.14. The molecular weight excluding hydrogens is 598 g/mol. The summed E-state index contributed by atoms with van der Waals surface area (Å²) in [5.74, 6) is -1.45. The van der Waals surface area contributed by atoms with Crippen molar-refractivity contribution < 1.29 is 34.1 Å². The van der Waals surface area contributed by atoms with Crippen molar-refractivity contribution >= 4 is 29.3 Å². The zero-order chi connectivity index (χ0) is 33.1. The van der Waals surface area contributed by atoms with E-state index in [0.29, 0.717) is 43.1 Å². The topological polar surface area (TPSA) is 120 Å². The predicted molar refractivity (Wildman–Crippen MR) is 174 cm³/mol. The summed E-state index contributed by atoms with van der Waals surface area (Å²) in [6.45, 7) is 6.59. The van der Waals surface area contributed by atoms with Crippen molar-refractivity contribution in [2.45, 2.75) is 70.1 Å². The van der Waals surface area contributed by atoms with Crippen molar-refractivity contribution in [3.8, 4) is 0 Å². The van der Waals surface area contributed by atoms with Crippen LogP contribution < -0.4 is 9.80 Å². The Hall–Kier alpha value is -4.25. The molecule has 2 fully saturated rings. The highest BCUT2D eigenvalue weighted by Crippen LogP contribution is 2.58. The number of aliphatic hydroxyl groups is 2. The molecule has 1 spiro atoms. The molecule has 10 heteroatoms. The number of hydrogen-bond acceptors (Lipinski definition) is 7. The van der Waals surface area contributed by atoms with Gasteiger partial charge in [0.1, 0.15) is 6.61 Å². The highest BCUT2D eigenvalue weighted by Gasteiger charge is 2.66. The molecular formula is C37H41N3O7. The number of amides is 3. The summed E-state index contributed by atoms with van der Waals surface area (Å²) < 4.78 is 12.0. The molecule has 246 valence electrons. The van der Waals surface area contributed by atoms with Gasteiger partial charge in [-0.25, -0.2) is 4.79 Å². The third-order valence-corrected chi connectivity index (χ3v) is 10.5. The molecule has 4 heterocycles. The summed E-state index contributed by atoms with van der Waals surface area (Å²) in [7, 11) is 0. The summed E-state index contributed by atoms with van der Waals surface area (Å²) in [6, 6.07) is 22.6. The lowest BCUT2D eigenvalue weighted by Crippen LogP contribution is -2.48. The molecule has 7 rings (SSSR count). The second-order valence-corrected chi connectivity index (χ2v) is 13.7. The average Bonchev–Trinajstić information content (AvgIpc) is 3.69. The number of rotatable bonds is 7. The zero-order valence-electron chi connectivity index (χ0n) is 27.0. The maximum atomic E-state index is 14.7. The molecule has 0 bridgehead atoms. The number of anilines is 2. The fourth-order valence-electron chi connectivity index (χ4n) is 8.35. The minimum atomic E-state index is -1.41. The minimum Gasteiger partial charge on any atom is -0.447 e. The number of aliphatic hydroxyl groups excluding tert-OH is 1. The van der Waals surface area contributed by atoms with Crippen LogP contribution in [0.25, 0.3) is 0 Å². The van der Waals surface area contributed by atoms with Crippen LogP contribution in [0.3, 0.4) is 0 Å². The molecule has 10 nitrogen and oxygen atoms in total. The van der Waals surface area contributed by atoms with Crippen LogP contribution in [-0.2, 0) is 44.2 Å². The Labute approximate surface area is 274 Å². The summed E-state index contributed by atoms with van der Waals surface area (Å²) >= 11 is 0. The van der Waals surface area contributed by atoms with Crippen molar-refractivity contribution in [1.82, 2.24) is 4.90 Å².